The molecule has 0 aromatic rings. The quantitative estimate of drug-likeness (QED) is 0.409. The Labute approximate surface area is 91.1 Å². The van der Waals surface area contributed by atoms with Gasteiger partial charge >= 0.3 is 0 Å². The summed E-state index contributed by atoms with van der Waals surface area (Å²) in [6.45, 7) is 17.4. The summed E-state index contributed by atoms with van der Waals surface area (Å²) >= 11 is 0. The predicted molar refractivity (Wildman–Crippen MR) is 70.6 cm³/mol. The van der Waals surface area contributed by atoms with Crippen LogP contribution in [0.2, 0.25) is 23.7 Å². The third-order valence-electron chi connectivity index (χ3n) is 3.97. The molecule has 0 radical (unpaired) electrons. The van der Waals surface area contributed by atoms with E-state index in [-0.39, 0.29) is 0 Å². The van der Waals surface area contributed by atoms with Crippen LogP contribution >= 0.6 is 0 Å². The van der Waals surface area contributed by atoms with E-state index in [1.807, 2.05) is 6.08 Å². The van der Waals surface area contributed by atoms with Crippen molar-refractivity contribution in [2.45, 2.75) is 57.8 Å². The second-order valence-electron chi connectivity index (χ2n) is 4.16. The maximum absolute atomic E-state index is 4.17. The zero-order valence-corrected chi connectivity index (χ0v) is 11.4. The molecule has 1 atom stereocenters. The molecule has 0 N–H and O–H groups in total. The average Bonchev–Trinajstić information content (AvgIpc) is 2.25. The Morgan fingerprint density at radius 2 is 1.57 bits per heavy atom. The molecule has 0 saturated heterocycles. The third-order valence-corrected chi connectivity index (χ3v) is 10.5. The Balaban J connectivity index is 4.92. The Hall–Kier alpha value is -0.303. The molecule has 1 heteroatoms. The van der Waals surface area contributed by atoms with Crippen molar-refractivity contribution in [3.05, 3.63) is 24.8 Å². The van der Waals surface area contributed by atoms with Gasteiger partial charge in [0.2, 0.25) is 0 Å². The first-order valence-corrected chi connectivity index (χ1v) is 8.62. The van der Waals surface area contributed by atoms with Crippen LogP contribution < -0.4 is 0 Å². The minimum Gasteiger partial charge on any atom is -0.0988 e. The highest BCUT2D eigenvalue weighted by Crippen LogP contribution is 2.40. The summed E-state index contributed by atoms with van der Waals surface area (Å²) in [4.78, 5) is 0. The van der Waals surface area contributed by atoms with Crippen molar-refractivity contribution >= 4 is 8.07 Å². The lowest BCUT2D eigenvalue weighted by Gasteiger charge is -2.37. The lowest BCUT2D eigenvalue weighted by Crippen LogP contribution is -2.37. The highest BCUT2D eigenvalue weighted by molar-refractivity contribution is 6.81. The van der Waals surface area contributed by atoms with E-state index in [0.29, 0.717) is 0 Å². The first-order valence-electron chi connectivity index (χ1n) is 5.93. The van der Waals surface area contributed by atoms with Gasteiger partial charge in [0.15, 0.2) is 0 Å². The molecule has 14 heavy (non-hydrogen) atoms. The van der Waals surface area contributed by atoms with E-state index in [0.717, 1.165) is 5.54 Å². The fourth-order valence-corrected chi connectivity index (χ4v) is 7.47. The van der Waals surface area contributed by atoms with Gasteiger partial charge in [-0.3, -0.25) is 0 Å². The van der Waals surface area contributed by atoms with Gasteiger partial charge in [-0.15, -0.1) is 0 Å². The van der Waals surface area contributed by atoms with E-state index in [2.05, 4.69) is 40.9 Å². The van der Waals surface area contributed by atoms with Gasteiger partial charge in [-0.05, 0) is 5.54 Å². The van der Waals surface area contributed by atoms with Crippen LogP contribution in [0.1, 0.15) is 34.1 Å². The van der Waals surface area contributed by atoms with Crippen LogP contribution in [-0.2, 0) is 0 Å². The molecule has 0 nitrogen and oxygen atoms in total. The molecule has 0 saturated carbocycles. The topological polar surface area (TPSA) is 0 Å². The van der Waals surface area contributed by atoms with Gasteiger partial charge in [0.1, 0.15) is 0 Å². The van der Waals surface area contributed by atoms with Crippen LogP contribution in [0.5, 0.6) is 0 Å². The average molecular weight is 210 g/mol. The summed E-state index contributed by atoms with van der Waals surface area (Å²) in [7, 11) is -1.10. The van der Waals surface area contributed by atoms with Crippen LogP contribution in [-0.4, -0.2) is 8.07 Å². The van der Waals surface area contributed by atoms with Crippen molar-refractivity contribution in [3.8, 4) is 0 Å². The van der Waals surface area contributed by atoms with Gasteiger partial charge < -0.3 is 0 Å². The molecular weight excluding hydrogens is 184 g/mol. The molecule has 0 aliphatic heterocycles. The highest BCUT2D eigenvalue weighted by Gasteiger charge is 2.35. The van der Waals surface area contributed by atoms with E-state index in [4.69, 9.17) is 0 Å². The van der Waals surface area contributed by atoms with Gasteiger partial charge in [-0.1, -0.05) is 77.1 Å². The number of hydrogen-bond acceptors (Lipinski definition) is 0. The van der Waals surface area contributed by atoms with E-state index in [9.17, 15) is 0 Å². The Morgan fingerprint density at radius 3 is 1.79 bits per heavy atom. The molecule has 0 fully saturated rings. The fourth-order valence-electron chi connectivity index (χ4n) is 2.72. The molecule has 0 heterocycles. The second-order valence-corrected chi connectivity index (χ2v) is 9.71. The molecule has 0 spiro atoms. The summed E-state index contributed by atoms with van der Waals surface area (Å²) in [5.41, 5.74) is 2.03. The number of rotatable bonds is 7. The van der Waals surface area contributed by atoms with Crippen molar-refractivity contribution in [2.75, 3.05) is 0 Å². The van der Waals surface area contributed by atoms with E-state index >= 15 is 0 Å². The number of hydrogen-bond donors (Lipinski definition) is 0. The van der Waals surface area contributed by atoms with Crippen LogP contribution in [0.25, 0.3) is 0 Å². The molecule has 0 aromatic heterocycles. The van der Waals surface area contributed by atoms with Crippen molar-refractivity contribution < 1.29 is 0 Å². The predicted octanol–water partition coefficient (Wildman–Crippen LogP) is 5.02. The molecule has 0 aromatic carbocycles. The van der Waals surface area contributed by atoms with Crippen LogP contribution in [0.3, 0.4) is 0 Å². The zero-order valence-electron chi connectivity index (χ0n) is 10.4. The summed E-state index contributed by atoms with van der Waals surface area (Å²) < 4.78 is 0. The van der Waals surface area contributed by atoms with Gasteiger partial charge in [-0.2, -0.15) is 0 Å². The SMILES string of the molecule is C=CC(=C)C(CC)[Si](CC)(CC)CC. The second kappa shape index (κ2) is 6.23. The smallest absolute Gasteiger partial charge is 0.0604 e. The standard InChI is InChI=1S/C13H26Si/c1-7-12(6)13(8-2)14(9-3,10-4)11-5/h7,13H,1,6,8-11H2,2-5H3. The van der Waals surface area contributed by atoms with Gasteiger partial charge in [0.05, 0.1) is 8.07 Å². The highest BCUT2D eigenvalue weighted by atomic mass is 28.3. The van der Waals surface area contributed by atoms with E-state index < -0.39 is 8.07 Å². The molecule has 0 bridgehead atoms. The lowest BCUT2D eigenvalue weighted by atomic mass is 10.2. The summed E-state index contributed by atoms with van der Waals surface area (Å²) in [5, 5.41) is 0. The van der Waals surface area contributed by atoms with E-state index in [1.165, 1.54) is 30.1 Å². The number of allylic oxidation sites excluding steroid dienone is 2. The lowest BCUT2D eigenvalue weighted by molar-refractivity contribution is 0.852. The minimum absolute atomic E-state index is 0.750. The maximum Gasteiger partial charge on any atom is 0.0604 e. The Bertz CT molecular complexity index is 181. The monoisotopic (exact) mass is 210 g/mol. The summed E-state index contributed by atoms with van der Waals surface area (Å²) in [6.07, 6.45) is 3.21. The fraction of sp³-hybridized carbons (Fsp3) is 0.692. The van der Waals surface area contributed by atoms with Crippen LogP contribution in [0.15, 0.2) is 24.8 Å². The molecule has 1 unspecified atom stereocenters. The van der Waals surface area contributed by atoms with Crippen molar-refractivity contribution in [2.24, 2.45) is 0 Å². The minimum atomic E-state index is -1.10. The third kappa shape index (κ3) is 2.60. The molecule has 0 aliphatic rings. The van der Waals surface area contributed by atoms with Crippen LogP contribution in [0.4, 0.5) is 0 Å². The first kappa shape index (κ1) is 13.7. The van der Waals surface area contributed by atoms with Gasteiger partial charge in [0.25, 0.3) is 0 Å². The molecule has 0 rings (SSSR count). The maximum atomic E-state index is 4.17. The zero-order chi connectivity index (χ0) is 11.2. The van der Waals surface area contributed by atoms with Crippen molar-refractivity contribution in [1.29, 1.82) is 0 Å². The molecule has 82 valence electrons. The van der Waals surface area contributed by atoms with Gasteiger partial charge in [-0.25, -0.2) is 0 Å². The van der Waals surface area contributed by atoms with Crippen molar-refractivity contribution in [1.82, 2.24) is 0 Å². The molecular formula is C13H26Si. The first-order chi connectivity index (χ1) is 6.61. The summed E-state index contributed by atoms with van der Waals surface area (Å²) in [6, 6.07) is 4.14. The van der Waals surface area contributed by atoms with Crippen LogP contribution in [0, 0.1) is 0 Å². The van der Waals surface area contributed by atoms with E-state index in [1.54, 1.807) is 0 Å². The Kier molecular flexibility index (Phi) is 6.10. The van der Waals surface area contributed by atoms with Crippen molar-refractivity contribution in [3.63, 3.8) is 0 Å². The molecule has 0 amide bonds. The summed E-state index contributed by atoms with van der Waals surface area (Å²) in [5.74, 6) is 0. The van der Waals surface area contributed by atoms with Gasteiger partial charge in [0, 0.05) is 0 Å². The largest absolute Gasteiger partial charge is 0.0988 e. The Morgan fingerprint density at radius 1 is 1.14 bits per heavy atom. The normalized spacial score (nSPS) is 13.7. The molecule has 0 aliphatic carbocycles.